The van der Waals surface area contributed by atoms with Crippen LogP contribution in [-0.2, 0) is 0 Å². The Kier molecular flexibility index (Phi) is 3.60. The van der Waals surface area contributed by atoms with Gasteiger partial charge in [0.05, 0.1) is 11.1 Å². The SMILES string of the molecule is CC1CCN(c2c(-c3c(F)cccc3F)c(Cl)nc3ncnn23)C1. The van der Waals surface area contributed by atoms with Crippen LogP contribution in [0.4, 0.5) is 14.6 Å². The Morgan fingerprint density at radius 3 is 2.62 bits per heavy atom. The fourth-order valence-electron chi connectivity index (χ4n) is 3.17. The van der Waals surface area contributed by atoms with Crippen molar-refractivity contribution in [2.24, 2.45) is 5.92 Å². The molecule has 0 saturated carbocycles. The summed E-state index contributed by atoms with van der Waals surface area (Å²) in [6, 6.07) is 3.73. The van der Waals surface area contributed by atoms with E-state index in [2.05, 4.69) is 22.0 Å². The molecule has 5 nitrogen and oxygen atoms in total. The van der Waals surface area contributed by atoms with E-state index in [0.717, 1.165) is 19.5 Å². The van der Waals surface area contributed by atoms with Crippen LogP contribution in [0.3, 0.4) is 0 Å². The van der Waals surface area contributed by atoms with E-state index >= 15 is 0 Å². The zero-order valence-corrected chi connectivity index (χ0v) is 13.6. The fourth-order valence-corrected chi connectivity index (χ4v) is 3.43. The van der Waals surface area contributed by atoms with Gasteiger partial charge in [-0.15, -0.1) is 0 Å². The standard InChI is InChI=1S/C16H14ClF2N5/c1-9-5-6-23(7-9)15-13(12-10(18)3-2-4-11(12)19)14(17)22-16-20-8-21-24(15)16/h2-4,8-9H,5-7H2,1H3. The molecular weight excluding hydrogens is 336 g/mol. The van der Waals surface area contributed by atoms with Gasteiger partial charge in [0.15, 0.2) is 0 Å². The van der Waals surface area contributed by atoms with Gasteiger partial charge in [0, 0.05) is 13.1 Å². The van der Waals surface area contributed by atoms with Gasteiger partial charge in [0.2, 0.25) is 0 Å². The maximum atomic E-state index is 14.4. The predicted molar refractivity (Wildman–Crippen MR) is 87.1 cm³/mol. The quantitative estimate of drug-likeness (QED) is 0.664. The van der Waals surface area contributed by atoms with Crippen LogP contribution in [-0.4, -0.2) is 32.7 Å². The lowest BCUT2D eigenvalue weighted by Gasteiger charge is -2.23. The molecule has 3 aromatic rings. The van der Waals surface area contributed by atoms with Crippen molar-refractivity contribution in [3.05, 3.63) is 41.3 Å². The third kappa shape index (κ3) is 2.31. The van der Waals surface area contributed by atoms with Crippen molar-refractivity contribution in [3.63, 3.8) is 0 Å². The van der Waals surface area contributed by atoms with Crippen molar-refractivity contribution in [1.82, 2.24) is 19.6 Å². The number of anilines is 1. The lowest BCUT2D eigenvalue weighted by Crippen LogP contribution is -2.24. The van der Waals surface area contributed by atoms with Gasteiger partial charge in [-0.2, -0.15) is 19.6 Å². The van der Waals surface area contributed by atoms with Gasteiger partial charge in [-0.3, -0.25) is 0 Å². The number of fused-ring (bicyclic) bond motifs is 1. The van der Waals surface area contributed by atoms with Crippen LogP contribution in [0.5, 0.6) is 0 Å². The van der Waals surface area contributed by atoms with E-state index in [1.54, 1.807) is 0 Å². The van der Waals surface area contributed by atoms with Gasteiger partial charge in [-0.25, -0.2) is 8.78 Å². The maximum Gasteiger partial charge on any atom is 0.255 e. The molecule has 4 rings (SSSR count). The van der Waals surface area contributed by atoms with Gasteiger partial charge in [0.1, 0.15) is 28.9 Å². The Hall–Kier alpha value is -2.28. The van der Waals surface area contributed by atoms with E-state index in [9.17, 15) is 8.78 Å². The van der Waals surface area contributed by atoms with Crippen LogP contribution >= 0.6 is 11.6 Å². The van der Waals surface area contributed by atoms with Crippen LogP contribution in [0.15, 0.2) is 24.5 Å². The van der Waals surface area contributed by atoms with Crippen LogP contribution in [0, 0.1) is 17.6 Å². The molecule has 24 heavy (non-hydrogen) atoms. The first-order valence-corrected chi connectivity index (χ1v) is 8.02. The molecule has 1 unspecified atom stereocenters. The third-order valence-corrected chi connectivity index (χ3v) is 4.57. The summed E-state index contributed by atoms with van der Waals surface area (Å²) in [5.41, 5.74) is 0.0151. The minimum absolute atomic E-state index is 0.00838. The van der Waals surface area contributed by atoms with E-state index in [4.69, 9.17) is 11.6 Å². The van der Waals surface area contributed by atoms with Crippen molar-refractivity contribution in [2.75, 3.05) is 18.0 Å². The molecule has 8 heteroatoms. The van der Waals surface area contributed by atoms with Crippen molar-refractivity contribution < 1.29 is 8.78 Å². The molecule has 1 aromatic carbocycles. The Bertz CT molecular complexity index is 906. The first kappa shape index (κ1) is 15.3. The summed E-state index contributed by atoms with van der Waals surface area (Å²) in [6.07, 6.45) is 2.33. The zero-order chi connectivity index (χ0) is 16.8. The summed E-state index contributed by atoms with van der Waals surface area (Å²) in [4.78, 5) is 10.2. The second kappa shape index (κ2) is 5.66. The predicted octanol–water partition coefficient (Wildman–Crippen LogP) is 3.57. The molecule has 1 aliphatic heterocycles. The van der Waals surface area contributed by atoms with Crippen LogP contribution in [0.2, 0.25) is 5.15 Å². The summed E-state index contributed by atoms with van der Waals surface area (Å²) < 4.78 is 30.3. The molecule has 0 amide bonds. The Morgan fingerprint density at radius 2 is 1.96 bits per heavy atom. The number of nitrogens with zero attached hydrogens (tertiary/aromatic N) is 5. The molecule has 0 bridgehead atoms. The fraction of sp³-hybridized carbons (Fsp3) is 0.312. The lowest BCUT2D eigenvalue weighted by molar-refractivity contribution is 0.589. The molecule has 2 aromatic heterocycles. The molecule has 1 atom stereocenters. The summed E-state index contributed by atoms with van der Waals surface area (Å²) in [5, 5.41) is 4.18. The average Bonchev–Trinajstić information content (AvgIpc) is 3.16. The van der Waals surface area contributed by atoms with E-state index in [-0.39, 0.29) is 16.3 Å². The first-order valence-electron chi connectivity index (χ1n) is 7.65. The topological polar surface area (TPSA) is 46.3 Å². The van der Waals surface area contributed by atoms with Gasteiger partial charge in [-0.05, 0) is 24.5 Å². The average molecular weight is 350 g/mol. The highest BCUT2D eigenvalue weighted by Crippen LogP contribution is 2.40. The maximum absolute atomic E-state index is 14.4. The Labute approximate surface area is 141 Å². The first-order chi connectivity index (χ1) is 11.6. The Balaban J connectivity index is 2.06. The van der Waals surface area contributed by atoms with Crippen LogP contribution in [0.25, 0.3) is 16.9 Å². The van der Waals surface area contributed by atoms with Crippen molar-refractivity contribution >= 4 is 23.2 Å². The second-order valence-corrected chi connectivity index (χ2v) is 6.37. The van der Waals surface area contributed by atoms with E-state index in [1.807, 2.05) is 4.90 Å². The van der Waals surface area contributed by atoms with Crippen molar-refractivity contribution in [2.45, 2.75) is 13.3 Å². The number of rotatable bonds is 2. The molecule has 0 radical (unpaired) electrons. The summed E-state index contributed by atoms with van der Waals surface area (Å²) in [7, 11) is 0. The minimum atomic E-state index is -0.688. The van der Waals surface area contributed by atoms with Gasteiger partial charge < -0.3 is 4.90 Å². The van der Waals surface area contributed by atoms with E-state index in [1.165, 1.54) is 29.0 Å². The number of halogens is 3. The lowest BCUT2D eigenvalue weighted by atomic mass is 10.1. The normalized spacial score (nSPS) is 17.8. The number of benzene rings is 1. The van der Waals surface area contributed by atoms with Crippen LogP contribution < -0.4 is 4.90 Å². The molecule has 124 valence electrons. The highest BCUT2D eigenvalue weighted by molar-refractivity contribution is 6.33. The van der Waals surface area contributed by atoms with Gasteiger partial charge >= 0.3 is 0 Å². The Morgan fingerprint density at radius 1 is 1.21 bits per heavy atom. The number of hydrogen-bond donors (Lipinski definition) is 0. The zero-order valence-electron chi connectivity index (χ0n) is 12.9. The molecule has 1 aliphatic rings. The number of aromatic nitrogens is 4. The van der Waals surface area contributed by atoms with Crippen molar-refractivity contribution in [1.29, 1.82) is 0 Å². The second-order valence-electron chi connectivity index (χ2n) is 6.01. The molecule has 0 spiro atoms. The van der Waals surface area contributed by atoms with E-state index in [0.29, 0.717) is 17.5 Å². The highest BCUT2D eigenvalue weighted by atomic mass is 35.5. The molecule has 0 aliphatic carbocycles. The van der Waals surface area contributed by atoms with Crippen LogP contribution in [0.1, 0.15) is 13.3 Å². The summed E-state index contributed by atoms with van der Waals surface area (Å²) in [6.45, 7) is 3.63. The molecule has 0 N–H and O–H groups in total. The molecular formula is C16H14ClF2N5. The van der Waals surface area contributed by atoms with E-state index < -0.39 is 11.6 Å². The molecule has 3 heterocycles. The largest absolute Gasteiger partial charge is 0.356 e. The third-order valence-electron chi connectivity index (χ3n) is 4.29. The smallest absolute Gasteiger partial charge is 0.255 e. The summed E-state index contributed by atoms with van der Waals surface area (Å²) >= 11 is 6.31. The summed E-state index contributed by atoms with van der Waals surface area (Å²) in [5.74, 6) is -0.0851. The number of hydrogen-bond acceptors (Lipinski definition) is 4. The molecule has 1 fully saturated rings. The molecule has 1 saturated heterocycles. The van der Waals surface area contributed by atoms with Gasteiger partial charge in [0.25, 0.3) is 5.78 Å². The monoisotopic (exact) mass is 349 g/mol. The highest BCUT2D eigenvalue weighted by Gasteiger charge is 2.29. The minimum Gasteiger partial charge on any atom is -0.356 e. The van der Waals surface area contributed by atoms with Gasteiger partial charge in [-0.1, -0.05) is 24.6 Å². The van der Waals surface area contributed by atoms with Crippen molar-refractivity contribution in [3.8, 4) is 11.1 Å².